The van der Waals surface area contributed by atoms with Gasteiger partial charge in [0.05, 0.1) is 50.0 Å². The lowest BCUT2D eigenvalue weighted by molar-refractivity contribution is 0.208. The van der Waals surface area contributed by atoms with Gasteiger partial charge < -0.3 is 55.7 Å². The average molecular weight is 1530 g/mol. The van der Waals surface area contributed by atoms with Crippen molar-refractivity contribution in [3.63, 3.8) is 0 Å². The van der Waals surface area contributed by atoms with Gasteiger partial charge in [-0.15, -0.1) is 0 Å². The summed E-state index contributed by atoms with van der Waals surface area (Å²) in [6, 6.07) is 17.9. The van der Waals surface area contributed by atoms with Crippen LogP contribution in [0.15, 0.2) is 137 Å². The first-order valence-corrected chi connectivity index (χ1v) is 34.9. The van der Waals surface area contributed by atoms with Crippen LogP contribution in [0.1, 0.15) is 42.0 Å². The lowest BCUT2D eigenvalue weighted by atomic mass is 10.2. The van der Waals surface area contributed by atoms with E-state index >= 15 is 0 Å². The van der Waals surface area contributed by atoms with Gasteiger partial charge in [0.15, 0.2) is 113 Å². The van der Waals surface area contributed by atoms with Crippen molar-refractivity contribution in [1.29, 1.82) is 5.26 Å². The number of aliphatic hydroxyl groups excluding tert-OH is 3. The summed E-state index contributed by atoms with van der Waals surface area (Å²) < 4.78 is 108. The summed E-state index contributed by atoms with van der Waals surface area (Å²) in [5.41, 5.74) is 1.45. The number of anilines is 4. The Balaban J connectivity index is 0.000000162. The van der Waals surface area contributed by atoms with Crippen LogP contribution in [0.3, 0.4) is 0 Å². The van der Waals surface area contributed by atoms with Crippen LogP contribution in [0.25, 0.3) is 44.7 Å². The maximum Gasteiger partial charge on any atom is 0.268 e. The standard InChI is InChI=1S/C17H14F2N6OS.3C16H15F2N5O2S/c1-25(7-3-6-20)16-14-15(22-12(26)8-21-14)23-17(24-16)27-9-10-4-2-5-11(18)13(10)19;1-8(24)5-20-14-13-15(21-11(25)6-19-13)23-16(22-14)26-7-9-3-2-4-10(17)12(9)18;1-23(5-6-24)15-13-14(20-11(25)7-19-13)21-16(22-15)26-8-9-3-2-4-10(17)12(9)18;17-10-4-1-3-9(12(10)18)8-26-16-22-14(19-5-2-6-24)13-15(23-16)21-11(25)7-20-13/h2,4-5,8H,3,7,9H2,1H3,(H,22,23,24,26);2-4,6,8,24H,5,7H2,1H3,(H2,20,21,22,23,25);2-4,7,24H,5-6,8H2,1H3,(H,20,21,22,25);1,3-4,7,24H,2,5-6,8H2,(H2,19,21,22,23,25). The quantitative estimate of drug-likeness (QED) is 0.0112. The molecule has 0 aliphatic heterocycles. The number of likely N-dealkylation sites (N-methyl/N-ethyl adjacent to an activating group) is 1. The third-order valence-electron chi connectivity index (χ3n) is 14.1. The molecule has 0 bridgehead atoms. The Labute approximate surface area is 604 Å². The number of hydrogen-bond donors (Lipinski definition) is 9. The van der Waals surface area contributed by atoms with Crippen molar-refractivity contribution in [2.24, 2.45) is 0 Å². The van der Waals surface area contributed by atoms with Crippen LogP contribution in [-0.4, -0.2) is 155 Å². The second kappa shape index (κ2) is 37.6. The van der Waals surface area contributed by atoms with Gasteiger partial charge in [-0.1, -0.05) is 95.6 Å². The van der Waals surface area contributed by atoms with Crippen LogP contribution in [-0.2, 0) is 23.0 Å². The number of rotatable bonds is 25. The second-order valence-electron chi connectivity index (χ2n) is 21.9. The van der Waals surface area contributed by atoms with E-state index in [9.17, 15) is 59.4 Å². The second-order valence-corrected chi connectivity index (χ2v) is 25.6. The molecule has 105 heavy (non-hydrogen) atoms. The molecule has 1 atom stereocenters. The molecule has 1 unspecified atom stereocenters. The van der Waals surface area contributed by atoms with Crippen LogP contribution >= 0.6 is 47.0 Å². The van der Waals surface area contributed by atoms with Crippen molar-refractivity contribution in [1.82, 2.24) is 79.7 Å². The maximum atomic E-state index is 13.8. The highest BCUT2D eigenvalue weighted by Crippen LogP contribution is 2.31. The van der Waals surface area contributed by atoms with Gasteiger partial charge in [-0.05, 0) is 37.6 Å². The molecule has 40 heteroatoms. The summed E-state index contributed by atoms with van der Waals surface area (Å²) in [7, 11) is 3.46. The van der Waals surface area contributed by atoms with Gasteiger partial charge in [0.25, 0.3) is 22.2 Å². The number of halogens is 8. The van der Waals surface area contributed by atoms with Crippen LogP contribution in [0.4, 0.5) is 58.4 Å². The number of nitrogens with one attached hydrogen (secondary N) is 6. The van der Waals surface area contributed by atoms with E-state index in [0.717, 1.165) is 96.1 Å². The van der Waals surface area contributed by atoms with E-state index in [4.69, 9.17) is 15.5 Å². The molecule has 0 aliphatic carbocycles. The normalized spacial score (nSPS) is 11.3. The molecule has 0 aliphatic rings. The van der Waals surface area contributed by atoms with Crippen LogP contribution in [0.2, 0.25) is 0 Å². The van der Waals surface area contributed by atoms with Gasteiger partial charge in [-0.25, -0.2) is 94.9 Å². The molecule has 546 valence electrons. The van der Waals surface area contributed by atoms with E-state index in [1.165, 1.54) is 48.5 Å². The minimum Gasteiger partial charge on any atom is -0.396 e. The lowest BCUT2D eigenvalue weighted by Gasteiger charge is -2.18. The van der Waals surface area contributed by atoms with Crippen molar-refractivity contribution in [2.75, 3.05) is 73.9 Å². The number of nitrogens with zero attached hydrogens (tertiary/aromatic N) is 15. The fourth-order valence-corrected chi connectivity index (χ4v) is 12.3. The van der Waals surface area contributed by atoms with E-state index in [1.807, 2.05) is 0 Å². The highest BCUT2D eigenvalue weighted by molar-refractivity contribution is 7.99. The Morgan fingerprint density at radius 1 is 0.467 bits per heavy atom. The zero-order valence-corrected chi connectivity index (χ0v) is 58.4. The number of thioether (sulfide) groups is 4. The molecule has 4 aromatic carbocycles. The molecule has 28 nitrogen and oxygen atoms in total. The molecule has 0 amide bonds. The predicted octanol–water partition coefficient (Wildman–Crippen LogP) is 8.50. The topological polar surface area (TPSA) is 401 Å². The summed E-state index contributed by atoms with van der Waals surface area (Å²) >= 11 is 4.39. The van der Waals surface area contributed by atoms with Gasteiger partial charge in [-0.3, -0.25) is 19.2 Å². The molecule has 8 aromatic heterocycles. The first kappa shape index (κ1) is 78.3. The molecule has 0 saturated heterocycles. The minimum absolute atomic E-state index is 0.0146. The van der Waals surface area contributed by atoms with Crippen molar-refractivity contribution < 1.29 is 50.4 Å². The van der Waals surface area contributed by atoms with E-state index in [-0.39, 0.29) is 115 Å². The number of benzene rings is 4. The fourth-order valence-electron chi connectivity index (χ4n) is 8.99. The van der Waals surface area contributed by atoms with Crippen molar-refractivity contribution in [2.45, 2.75) is 69.5 Å². The SMILES string of the molecule is CC(O)CNc1nc(SCc2cccc(F)c2F)nc2[nH]c(=O)cnc12.CN(CCC#N)c1nc(SCc2cccc(F)c2F)nc2[nH]c(=O)cnc12.CN(CCO)c1nc(SCc2cccc(F)c2F)nc2[nH]c(=O)cnc12.O=c1cnc2c(NCCCO)nc(SCc3cccc(F)c3F)nc2[nH]1. The van der Waals surface area contributed by atoms with Crippen LogP contribution in [0, 0.1) is 57.9 Å². The Bertz CT molecular complexity index is 5360. The Hall–Kier alpha value is -10.8. The number of aliphatic hydroxyl groups is 3. The summed E-state index contributed by atoms with van der Waals surface area (Å²) in [5, 5.41) is 43.3. The molecule has 0 fully saturated rings. The minimum atomic E-state index is -0.921. The Kier molecular flexibility index (Phi) is 28.0. The van der Waals surface area contributed by atoms with Crippen LogP contribution < -0.4 is 42.7 Å². The summed E-state index contributed by atoms with van der Waals surface area (Å²) in [6.45, 7) is 2.90. The summed E-state index contributed by atoms with van der Waals surface area (Å²) in [4.78, 5) is 110. The third-order valence-corrected chi connectivity index (χ3v) is 17.7. The first-order chi connectivity index (χ1) is 50.5. The molecular formula is C65H59F8N21O7S4. The van der Waals surface area contributed by atoms with Crippen molar-refractivity contribution in [3.8, 4) is 6.07 Å². The number of aromatic nitrogens is 16. The van der Waals surface area contributed by atoms with E-state index in [0.29, 0.717) is 71.4 Å². The summed E-state index contributed by atoms with van der Waals surface area (Å²) in [6.07, 6.45) is 4.64. The Morgan fingerprint density at radius 3 is 1.12 bits per heavy atom. The van der Waals surface area contributed by atoms with Gasteiger partial charge in [0.1, 0.15) is 22.1 Å². The van der Waals surface area contributed by atoms with E-state index < -0.39 is 74.9 Å². The van der Waals surface area contributed by atoms with Gasteiger partial charge >= 0.3 is 0 Å². The number of hydrogen-bond acceptors (Lipinski definition) is 28. The zero-order chi connectivity index (χ0) is 75.3. The molecule has 9 N–H and O–H groups in total. The van der Waals surface area contributed by atoms with Crippen molar-refractivity contribution >= 4 is 115 Å². The zero-order valence-electron chi connectivity index (χ0n) is 55.1. The number of H-pyrrole nitrogens is 4. The lowest BCUT2D eigenvalue weighted by Crippen LogP contribution is -2.23. The predicted molar refractivity (Wildman–Crippen MR) is 380 cm³/mol. The molecule has 0 saturated carbocycles. The van der Waals surface area contributed by atoms with E-state index in [2.05, 4.69) is 96.4 Å². The molecule has 8 heterocycles. The van der Waals surface area contributed by atoms with Crippen LogP contribution in [0.5, 0.6) is 0 Å². The molecule has 12 aromatic rings. The van der Waals surface area contributed by atoms with Crippen molar-refractivity contribution in [3.05, 3.63) is 208 Å². The molecule has 0 spiro atoms. The Morgan fingerprint density at radius 2 is 0.790 bits per heavy atom. The highest BCUT2D eigenvalue weighted by atomic mass is 32.2. The molecular weight excluding hydrogens is 1470 g/mol. The number of fused-ring (bicyclic) bond motifs is 4. The molecule has 0 radical (unpaired) electrons. The molecule has 12 rings (SSSR count). The number of aromatic amines is 4. The summed E-state index contributed by atoms with van der Waals surface area (Å²) in [5.74, 6) is -5.28. The highest BCUT2D eigenvalue weighted by Gasteiger charge is 2.21. The van der Waals surface area contributed by atoms with E-state index in [1.54, 1.807) is 30.8 Å². The third kappa shape index (κ3) is 21.4. The maximum absolute atomic E-state index is 13.8. The monoisotopic (exact) mass is 1530 g/mol. The average Bonchev–Trinajstić information content (AvgIpc) is 0.807. The fraction of sp³-hybridized carbons (Fsp3) is 0.246. The first-order valence-electron chi connectivity index (χ1n) is 31.0. The van der Waals surface area contributed by atoms with Gasteiger partial charge in [-0.2, -0.15) is 5.26 Å². The smallest absolute Gasteiger partial charge is 0.268 e. The van der Waals surface area contributed by atoms with Gasteiger partial charge in [0, 0.05) is 92.1 Å². The largest absolute Gasteiger partial charge is 0.396 e. The van der Waals surface area contributed by atoms with Gasteiger partial charge in [0.2, 0.25) is 0 Å². The number of nitriles is 1.